The summed E-state index contributed by atoms with van der Waals surface area (Å²) in [6, 6.07) is -0.801. The Morgan fingerprint density at radius 2 is 2.00 bits per heavy atom. The number of nitrogens with one attached hydrogen (secondary N) is 2. The van der Waals surface area contributed by atoms with Gasteiger partial charge in [-0.1, -0.05) is 19.9 Å². The Morgan fingerprint density at radius 1 is 1.28 bits per heavy atom. The Balaban J connectivity index is 2.00. The average molecular weight is 410 g/mol. The second-order valence-electron chi connectivity index (χ2n) is 7.07. The Labute approximate surface area is 165 Å². The molecule has 2 atom stereocenters. The van der Waals surface area contributed by atoms with Crippen molar-refractivity contribution >= 4 is 12.0 Å². The van der Waals surface area contributed by atoms with Gasteiger partial charge in [0.1, 0.15) is 12.1 Å². The molecule has 0 saturated carbocycles. The monoisotopic (exact) mass is 410 g/mol. The number of imidazole rings is 1. The molecule has 2 N–H and O–H groups in total. The van der Waals surface area contributed by atoms with Crippen LogP contribution in [0.25, 0.3) is 0 Å². The Morgan fingerprint density at radius 3 is 2.66 bits per heavy atom. The molecule has 3 rings (SSSR count). The van der Waals surface area contributed by atoms with Crippen LogP contribution in [-0.2, 0) is 16.0 Å². The number of hydrogen-bond acceptors (Lipinski definition) is 4. The fourth-order valence-electron chi connectivity index (χ4n) is 3.40. The van der Waals surface area contributed by atoms with Crippen LogP contribution < -0.4 is 5.32 Å². The molecule has 0 aliphatic carbocycles. The fourth-order valence-corrected chi connectivity index (χ4v) is 3.40. The molecule has 0 radical (unpaired) electrons. The van der Waals surface area contributed by atoms with Gasteiger partial charge in [0.25, 0.3) is 0 Å². The van der Waals surface area contributed by atoms with Gasteiger partial charge in [0.2, 0.25) is 0 Å². The number of methoxy groups -OCH3 is 1. The van der Waals surface area contributed by atoms with Crippen molar-refractivity contribution in [3.63, 3.8) is 0 Å². The van der Waals surface area contributed by atoms with E-state index >= 15 is 0 Å². The number of hydrogen-bond donors (Lipinski definition) is 2. The molecular formula is C19H21F3N4O3. The molecule has 7 nitrogen and oxygen atoms in total. The number of aromatic nitrogens is 2. The number of halogens is 3. The molecule has 1 aliphatic rings. The van der Waals surface area contributed by atoms with Crippen LogP contribution in [0, 0.1) is 23.4 Å². The Kier molecular flexibility index (Phi) is 5.81. The van der Waals surface area contributed by atoms with Gasteiger partial charge in [-0.3, -0.25) is 0 Å². The molecule has 0 saturated heterocycles. The number of nitrogens with zero attached hydrogens (tertiary/aromatic N) is 2. The van der Waals surface area contributed by atoms with Crippen molar-refractivity contribution in [2.24, 2.45) is 5.92 Å². The molecule has 1 aromatic carbocycles. The number of esters is 1. The highest BCUT2D eigenvalue weighted by Crippen LogP contribution is 2.35. The molecule has 0 fully saturated rings. The van der Waals surface area contributed by atoms with E-state index in [1.54, 1.807) is 13.8 Å². The molecule has 2 aromatic rings. The van der Waals surface area contributed by atoms with Crippen molar-refractivity contribution in [3.8, 4) is 0 Å². The summed E-state index contributed by atoms with van der Waals surface area (Å²) in [5, 5.41) is 2.59. The number of ether oxygens (including phenoxy) is 1. The molecule has 29 heavy (non-hydrogen) atoms. The lowest BCUT2D eigenvalue weighted by molar-refractivity contribution is -0.144. The predicted octanol–water partition coefficient (Wildman–Crippen LogP) is 2.68. The molecular weight excluding hydrogens is 389 g/mol. The van der Waals surface area contributed by atoms with E-state index in [-0.39, 0.29) is 18.0 Å². The second kappa shape index (κ2) is 8.14. The zero-order valence-electron chi connectivity index (χ0n) is 16.1. The maximum absolute atomic E-state index is 14.6. The van der Waals surface area contributed by atoms with Gasteiger partial charge in [-0.25, -0.2) is 27.7 Å². The molecule has 0 spiro atoms. The maximum Gasteiger partial charge on any atom is 0.328 e. The first kappa shape index (κ1) is 20.7. The van der Waals surface area contributed by atoms with Crippen LogP contribution in [0.3, 0.4) is 0 Å². The first-order valence-electron chi connectivity index (χ1n) is 9.06. The van der Waals surface area contributed by atoms with E-state index in [9.17, 15) is 22.8 Å². The van der Waals surface area contributed by atoms with E-state index in [4.69, 9.17) is 4.74 Å². The summed E-state index contributed by atoms with van der Waals surface area (Å²) >= 11 is 0. The molecule has 1 aromatic heterocycles. The fraction of sp³-hybridized carbons (Fsp3) is 0.421. The largest absolute Gasteiger partial charge is 0.467 e. The molecule has 2 heterocycles. The third-order valence-corrected chi connectivity index (χ3v) is 4.95. The molecule has 10 heteroatoms. The van der Waals surface area contributed by atoms with Gasteiger partial charge in [0.15, 0.2) is 17.5 Å². The molecule has 0 unspecified atom stereocenters. The smallest absolute Gasteiger partial charge is 0.328 e. The van der Waals surface area contributed by atoms with Gasteiger partial charge < -0.3 is 19.9 Å². The lowest BCUT2D eigenvalue weighted by Gasteiger charge is -2.36. The third-order valence-electron chi connectivity index (χ3n) is 4.95. The predicted molar refractivity (Wildman–Crippen MR) is 96.3 cm³/mol. The van der Waals surface area contributed by atoms with E-state index < -0.39 is 41.5 Å². The maximum atomic E-state index is 14.6. The summed E-state index contributed by atoms with van der Waals surface area (Å²) in [6.07, 6.45) is 1.79. The normalized spacial score (nSPS) is 17.1. The molecule has 2 amide bonds. The van der Waals surface area contributed by atoms with Crippen molar-refractivity contribution in [2.75, 3.05) is 13.7 Å². The first-order chi connectivity index (χ1) is 13.8. The van der Waals surface area contributed by atoms with Crippen LogP contribution in [0.1, 0.15) is 36.8 Å². The number of benzene rings is 1. The van der Waals surface area contributed by atoms with E-state index in [0.717, 1.165) is 12.1 Å². The third kappa shape index (κ3) is 3.79. The number of H-pyrrole nitrogens is 1. The van der Waals surface area contributed by atoms with Crippen LogP contribution in [0.5, 0.6) is 0 Å². The highest BCUT2D eigenvalue weighted by Gasteiger charge is 2.38. The zero-order chi connectivity index (χ0) is 21.3. The number of aromatic amines is 1. The second-order valence-corrected chi connectivity index (χ2v) is 7.07. The summed E-state index contributed by atoms with van der Waals surface area (Å²) < 4.78 is 46.6. The van der Waals surface area contributed by atoms with Gasteiger partial charge in [-0.05, 0) is 12.0 Å². The van der Waals surface area contributed by atoms with Gasteiger partial charge in [0.05, 0.1) is 19.1 Å². The molecule has 0 bridgehead atoms. The number of carbonyl (C=O) groups excluding carboxylic acids is 2. The van der Waals surface area contributed by atoms with Gasteiger partial charge in [-0.15, -0.1) is 0 Å². The average Bonchev–Trinajstić information content (AvgIpc) is 3.18. The van der Waals surface area contributed by atoms with E-state index in [1.807, 2.05) is 0 Å². The lowest BCUT2D eigenvalue weighted by atomic mass is 9.95. The summed E-state index contributed by atoms with van der Waals surface area (Å²) in [4.78, 5) is 33.3. The Bertz CT molecular complexity index is 931. The van der Waals surface area contributed by atoms with Crippen LogP contribution in [0.15, 0.2) is 18.5 Å². The highest BCUT2D eigenvalue weighted by atomic mass is 19.2. The highest BCUT2D eigenvalue weighted by molar-refractivity contribution is 5.84. The van der Waals surface area contributed by atoms with Crippen LogP contribution in [0.4, 0.5) is 18.0 Å². The van der Waals surface area contributed by atoms with Gasteiger partial charge in [0, 0.05) is 24.2 Å². The van der Waals surface area contributed by atoms with E-state index in [2.05, 4.69) is 15.3 Å². The number of fused-ring (bicyclic) bond motifs is 1. The number of rotatable bonds is 4. The number of carbonyl (C=O) groups is 2. The Hall–Kier alpha value is -3.04. The van der Waals surface area contributed by atoms with Crippen molar-refractivity contribution < 1.29 is 27.5 Å². The summed E-state index contributed by atoms with van der Waals surface area (Å²) in [7, 11) is 1.21. The van der Waals surface area contributed by atoms with E-state index in [0.29, 0.717) is 17.8 Å². The summed E-state index contributed by atoms with van der Waals surface area (Å²) in [6.45, 7) is 3.61. The first-order valence-corrected chi connectivity index (χ1v) is 9.06. The van der Waals surface area contributed by atoms with E-state index in [1.165, 1.54) is 18.3 Å². The standard InChI is InChI=1S/C19H21F3N4O3/c1-9(2)15(18(27)29-3)25-19(28)26-7-6-12-16(24-8-23-12)17(26)10-4-5-11(20)14(22)13(10)21/h4-5,8-9,15,17H,6-7H2,1-3H3,(H,23,24)(H,25,28)/t15-,17-/m1/s1. The van der Waals surface area contributed by atoms with Gasteiger partial charge in [-0.2, -0.15) is 0 Å². The lowest BCUT2D eigenvalue weighted by Crippen LogP contribution is -2.53. The number of urea groups is 1. The molecule has 156 valence electrons. The minimum atomic E-state index is -1.62. The molecule has 1 aliphatic heterocycles. The van der Waals surface area contributed by atoms with Gasteiger partial charge >= 0.3 is 12.0 Å². The topological polar surface area (TPSA) is 87.3 Å². The van der Waals surface area contributed by atoms with Crippen molar-refractivity contribution in [3.05, 3.63) is 52.9 Å². The SMILES string of the molecule is COC(=O)[C@H](NC(=O)N1CCc2[nH]cnc2[C@H]1c1ccc(F)c(F)c1F)C(C)C. The summed E-state index contributed by atoms with van der Waals surface area (Å²) in [5.41, 5.74) is 0.762. The van der Waals surface area contributed by atoms with Crippen LogP contribution >= 0.6 is 0 Å². The van der Waals surface area contributed by atoms with Crippen LogP contribution in [0.2, 0.25) is 0 Å². The minimum absolute atomic E-state index is 0.149. The minimum Gasteiger partial charge on any atom is -0.467 e. The van der Waals surface area contributed by atoms with Crippen molar-refractivity contribution in [2.45, 2.75) is 32.4 Å². The van der Waals surface area contributed by atoms with Crippen molar-refractivity contribution in [1.82, 2.24) is 20.2 Å². The summed E-state index contributed by atoms with van der Waals surface area (Å²) in [5.74, 6) is -5.24. The number of amides is 2. The van der Waals surface area contributed by atoms with Crippen LogP contribution in [-0.4, -0.2) is 46.6 Å². The quantitative estimate of drug-likeness (QED) is 0.599. The van der Waals surface area contributed by atoms with Crippen molar-refractivity contribution in [1.29, 1.82) is 0 Å². The zero-order valence-corrected chi connectivity index (χ0v) is 16.1.